The van der Waals surface area contributed by atoms with Crippen LogP contribution in [-0.2, 0) is 15.1 Å². The molecule has 7 heteroatoms. The number of quaternary nitrogens is 1. The molecule has 1 aromatic carbocycles. The molecule has 1 aliphatic heterocycles. The first-order valence-corrected chi connectivity index (χ1v) is 9.29. The predicted molar refractivity (Wildman–Crippen MR) is 94.0 cm³/mol. The molecule has 144 valence electrons. The van der Waals surface area contributed by atoms with Crippen molar-refractivity contribution in [1.82, 2.24) is 0 Å². The van der Waals surface area contributed by atoms with E-state index in [4.69, 9.17) is 16.3 Å². The monoisotopic (exact) mass is 388 g/mol. The van der Waals surface area contributed by atoms with Crippen LogP contribution in [0.2, 0.25) is 5.02 Å². The van der Waals surface area contributed by atoms with Crippen LogP contribution in [0.25, 0.3) is 0 Å². The van der Waals surface area contributed by atoms with Crippen molar-refractivity contribution in [1.29, 1.82) is 0 Å². The maximum absolute atomic E-state index is 13.8. The lowest BCUT2D eigenvalue weighted by molar-refractivity contribution is -0.879. The van der Waals surface area contributed by atoms with Gasteiger partial charge in [-0.15, -0.1) is 0 Å². The van der Waals surface area contributed by atoms with Crippen LogP contribution in [0.15, 0.2) is 24.3 Å². The average Bonchev–Trinajstić information content (AvgIpc) is 3.08. The highest BCUT2D eigenvalue weighted by atomic mass is 35.5. The molecule has 26 heavy (non-hydrogen) atoms. The van der Waals surface area contributed by atoms with Gasteiger partial charge in [0.25, 0.3) is 0 Å². The van der Waals surface area contributed by atoms with E-state index in [-0.39, 0.29) is 24.5 Å². The zero-order valence-corrected chi connectivity index (χ0v) is 15.8. The molecule has 1 saturated carbocycles. The lowest BCUT2D eigenvalue weighted by Crippen LogP contribution is -2.46. The summed E-state index contributed by atoms with van der Waals surface area (Å²) in [5.74, 6) is -4.61. The van der Waals surface area contributed by atoms with Crippen molar-refractivity contribution in [2.75, 3.05) is 27.2 Å². The number of hydrogen-bond acceptors (Lipinski definition) is 3. The second-order valence-corrected chi connectivity index (χ2v) is 8.66. The Kier molecular flexibility index (Phi) is 5.05. The first kappa shape index (κ1) is 19.5. The molecule has 0 aromatic heterocycles. The lowest BCUT2D eigenvalue weighted by Gasteiger charge is -2.33. The Bertz CT molecular complexity index is 680. The molecule has 0 spiro atoms. The molecule has 0 amide bonds. The number of halogens is 3. The zero-order valence-electron chi connectivity index (χ0n) is 15.1. The Morgan fingerprint density at radius 3 is 2.46 bits per heavy atom. The molecule has 1 aromatic rings. The van der Waals surface area contributed by atoms with Crippen LogP contribution >= 0.6 is 11.6 Å². The van der Waals surface area contributed by atoms with Gasteiger partial charge in [0.1, 0.15) is 6.54 Å². The molecule has 1 aliphatic carbocycles. The summed E-state index contributed by atoms with van der Waals surface area (Å²) in [6, 6.07) is 6.10. The average molecular weight is 389 g/mol. The summed E-state index contributed by atoms with van der Waals surface area (Å²) in [5, 5.41) is 11.7. The first-order valence-electron chi connectivity index (χ1n) is 8.91. The van der Waals surface area contributed by atoms with Crippen LogP contribution in [-0.4, -0.2) is 54.8 Å². The number of likely N-dealkylation sites (tertiary alicyclic amines) is 1. The van der Waals surface area contributed by atoms with Gasteiger partial charge < -0.3 is 14.3 Å². The molecule has 0 bridgehead atoms. The number of carbonyl (C=O) groups is 1. The molecule has 0 unspecified atom stereocenters. The summed E-state index contributed by atoms with van der Waals surface area (Å²) < 4.78 is 33.9. The van der Waals surface area contributed by atoms with Crippen molar-refractivity contribution >= 4 is 17.6 Å². The van der Waals surface area contributed by atoms with Crippen LogP contribution in [0.3, 0.4) is 0 Å². The molecule has 2 aliphatic rings. The van der Waals surface area contributed by atoms with E-state index in [9.17, 15) is 18.7 Å². The molecule has 1 heterocycles. The second-order valence-electron chi connectivity index (χ2n) is 8.23. The van der Waals surface area contributed by atoms with Crippen LogP contribution < -0.4 is 0 Å². The maximum atomic E-state index is 13.8. The maximum Gasteiger partial charge on any atom is 0.343 e. The Morgan fingerprint density at radius 1 is 1.31 bits per heavy atom. The lowest BCUT2D eigenvalue weighted by atomic mass is 9.80. The standard InChI is InChI=1S/C19H25ClF2NO3/c1-23(2)10-8-16(12-23)26-17(24)19(25,13-3-5-15(20)6-4-13)14-7-9-18(21,22)11-14/h3-6,14,16,25H,7-12H2,1-2H3/q+1/t14-,16+,19+/m1/s1. The number of rotatable bonds is 4. The van der Waals surface area contributed by atoms with E-state index < -0.39 is 29.8 Å². The van der Waals surface area contributed by atoms with Crippen LogP contribution in [0.4, 0.5) is 8.78 Å². The fourth-order valence-electron chi connectivity index (χ4n) is 4.10. The van der Waals surface area contributed by atoms with Gasteiger partial charge >= 0.3 is 5.97 Å². The van der Waals surface area contributed by atoms with E-state index in [1.807, 2.05) is 14.1 Å². The molecule has 0 radical (unpaired) electrons. The normalized spacial score (nSPS) is 29.3. The number of aliphatic hydroxyl groups is 1. The molecule has 4 nitrogen and oxygen atoms in total. The number of carbonyl (C=O) groups excluding carboxylic acids is 1. The van der Waals surface area contributed by atoms with E-state index in [1.54, 1.807) is 0 Å². The topological polar surface area (TPSA) is 46.5 Å². The number of hydrogen-bond donors (Lipinski definition) is 1. The van der Waals surface area contributed by atoms with E-state index in [1.165, 1.54) is 24.3 Å². The van der Waals surface area contributed by atoms with Gasteiger partial charge in [-0.2, -0.15) is 0 Å². The molecule has 2 fully saturated rings. The van der Waals surface area contributed by atoms with Crippen molar-refractivity contribution < 1.29 is 27.9 Å². The third kappa shape index (κ3) is 3.87. The van der Waals surface area contributed by atoms with Crippen molar-refractivity contribution in [3.63, 3.8) is 0 Å². The Hall–Kier alpha value is -1.24. The summed E-state index contributed by atoms with van der Waals surface area (Å²) in [4.78, 5) is 13.0. The fourth-order valence-corrected chi connectivity index (χ4v) is 4.22. The number of ether oxygens (including phenoxy) is 1. The van der Waals surface area contributed by atoms with E-state index in [2.05, 4.69) is 0 Å². The predicted octanol–water partition coefficient (Wildman–Crippen LogP) is 3.35. The van der Waals surface area contributed by atoms with Gasteiger partial charge in [0.15, 0.2) is 11.7 Å². The minimum Gasteiger partial charge on any atom is -0.454 e. The van der Waals surface area contributed by atoms with Crippen molar-refractivity contribution in [3.8, 4) is 0 Å². The van der Waals surface area contributed by atoms with Crippen molar-refractivity contribution in [2.24, 2.45) is 5.92 Å². The molecular formula is C19H25ClF2NO3+. The van der Waals surface area contributed by atoms with Gasteiger partial charge in [0.2, 0.25) is 5.92 Å². The highest BCUT2D eigenvalue weighted by molar-refractivity contribution is 6.30. The summed E-state index contributed by atoms with van der Waals surface area (Å²) in [6.07, 6.45) is -0.441. The largest absolute Gasteiger partial charge is 0.454 e. The fraction of sp³-hybridized carbons (Fsp3) is 0.632. The number of nitrogens with zero attached hydrogens (tertiary/aromatic N) is 1. The van der Waals surface area contributed by atoms with Gasteiger partial charge in [0.05, 0.1) is 20.6 Å². The summed E-state index contributed by atoms with van der Waals surface area (Å²) >= 11 is 5.90. The Morgan fingerprint density at radius 2 is 1.96 bits per heavy atom. The smallest absolute Gasteiger partial charge is 0.343 e. The first-order chi connectivity index (χ1) is 12.0. The highest BCUT2D eigenvalue weighted by Crippen LogP contribution is 2.48. The van der Waals surface area contributed by atoms with Crippen LogP contribution in [0.5, 0.6) is 0 Å². The van der Waals surface area contributed by atoms with Crippen molar-refractivity contribution in [2.45, 2.75) is 43.3 Å². The quantitative estimate of drug-likeness (QED) is 0.635. The molecular weight excluding hydrogens is 364 g/mol. The number of likely N-dealkylation sites (N-methyl/N-ethyl adjacent to an activating group) is 1. The van der Waals surface area contributed by atoms with Gasteiger partial charge in [0, 0.05) is 30.2 Å². The van der Waals surface area contributed by atoms with Gasteiger partial charge in [-0.3, -0.25) is 0 Å². The van der Waals surface area contributed by atoms with Gasteiger partial charge in [-0.25, -0.2) is 13.6 Å². The van der Waals surface area contributed by atoms with E-state index in [0.29, 0.717) is 18.0 Å². The Labute approximate surface area is 157 Å². The summed E-state index contributed by atoms with van der Waals surface area (Å²) in [6.45, 7) is 1.50. The highest BCUT2D eigenvalue weighted by Gasteiger charge is 2.55. The molecule has 3 rings (SSSR count). The minimum absolute atomic E-state index is 0.0629. The van der Waals surface area contributed by atoms with E-state index >= 15 is 0 Å². The third-order valence-electron chi connectivity index (χ3n) is 5.62. The molecule has 1 N–H and O–H groups in total. The zero-order chi connectivity index (χ0) is 19.2. The van der Waals surface area contributed by atoms with Gasteiger partial charge in [-0.05, 0) is 24.1 Å². The number of benzene rings is 1. The molecule has 1 saturated heterocycles. The number of esters is 1. The minimum atomic E-state index is -2.88. The molecule has 3 atom stereocenters. The van der Waals surface area contributed by atoms with Crippen LogP contribution in [0.1, 0.15) is 31.2 Å². The van der Waals surface area contributed by atoms with Crippen LogP contribution in [0, 0.1) is 5.92 Å². The summed E-state index contributed by atoms with van der Waals surface area (Å²) in [7, 11) is 4.08. The van der Waals surface area contributed by atoms with E-state index in [0.717, 1.165) is 11.0 Å². The van der Waals surface area contributed by atoms with Gasteiger partial charge in [-0.1, -0.05) is 23.7 Å². The number of alkyl halides is 2. The Balaban J connectivity index is 1.87. The van der Waals surface area contributed by atoms with Crippen molar-refractivity contribution in [3.05, 3.63) is 34.9 Å². The summed E-state index contributed by atoms with van der Waals surface area (Å²) in [5.41, 5.74) is -1.84. The SMILES string of the molecule is C[N+]1(C)CC[C@H](OC(=O)[C@](O)(c2ccc(Cl)cc2)[C@@H]2CCC(F)(F)C2)C1. The second kappa shape index (κ2) is 6.73. The third-order valence-corrected chi connectivity index (χ3v) is 5.87.